The normalized spacial score (nSPS) is 16.2. The predicted molar refractivity (Wildman–Crippen MR) is 59.3 cm³/mol. The summed E-state index contributed by atoms with van der Waals surface area (Å²) in [4.78, 5) is 13.4. The molecule has 0 atom stereocenters. The van der Waals surface area contributed by atoms with Crippen molar-refractivity contribution in [2.45, 2.75) is 38.6 Å². The topological polar surface area (TPSA) is 29.5 Å². The van der Waals surface area contributed by atoms with Gasteiger partial charge < -0.3 is 4.74 Å². The molecule has 1 rings (SSSR count). The third kappa shape index (κ3) is 3.93. The van der Waals surface area contributed by atoms with Gasteiger partial charge in [0.1, 0.15) is 0 Å². The summed E-state index contributed by atoms with van der Waals surface area (Å²) in [5.41, 5.74) is 0. The van der Waals surface area contributed by atoms with Crippen LogP contribution in [0.5, 0.6) is 0 Å². The van der Waals surface area contributed by atoms with E-state index in [1.54, 1.807) is 0 Å². The van der Waals surface area contributed by atoms with Gasteiger partial charge >= 0.3 is 5.97 Å². The van der Waals surface area contributed by atoms with E-state index in [0.29, 0.717) is 19.1 Å². The zero-order chi connectivity index (χ0) is 11.1. The Labute approximate surface area is 91.8 Å². The van der Waals surface area contributed by atoms with Crippen molar-refractivity contribution >= 4 is 5.97 Å². The van der Waals surface area contributed by atoms with Gasteiger partial charge in [-0.2, -0.15) is 0 Å². The number of ether oxygens (including phenoxy) is 1. The molecular weight excluding hydrogens is 190 g/mol. The average molecular weight is 209 g/mol. The van der Waals surface area contributed by atoms with Crippen LogP contribution in [0.2, 0.25) is 0 Å². The Hall–Kier alpha value is -1.01. The van der Waals surface area contributed by atoms with Gasteiger partial charge in [0.15, 0.2) is 0 Å². The van der Waals surface area contributed by atoms with E-state index >= 15 is 0 Å². The van der Waals surface area contributed by atoms with Crippen molar-refractivity contribution in [1.82, 2.24) is 4.90 Å². The molecule has 15 heavy (non-hydrogen) atoms. The van der Waals surface area contributed by atoms with Gasteiger partial charge in [0.25, 0.3) is 0 Å². The molecule has 1 aliphatic carbocycles. The lowest BCUT2D eigenvalue weighted by Crippen LogP contribution is -2.38. The van der Waals surface area contributed by atoms with Crippen LogP contribution in [0.15, 0.2) is 0 Å². The van der Waals surface area contributed by atoms with Crippen LogP contribution in [0.4, 0.5) is 0 Å². The largest absolute Gasteiger partial charge is 0.468 e. The lowest BCUT2D eigenvalue weighted by molar-refractivity contribution is -0.142. The van der Waals surface area contributed by atoms with Gasteiger partial charge in [0.05, 0.1) is 20.2 Å². The zero-order valence-electron chi connectivity index (χ0n) is 9.58. The molecule has 0 heterocycles. The summed E-state index contributed by atoms with van der Waals surface area (Å²) in [6, 6.07) is 0.518. The fourth-order valence-electron chi connectivity index (χ4n) is 1.99. The summed E-state index contributed by atoms with van der Waals surface area (Å²) in [6.07, 6.45) is 4.90. The first-order valence-corrected chi connectivity index (χ1v) is 5.48. The maximum absolute atomic E-state index is 11.2. The quantitative estimate of drug-likeness (QED) is 0.518. The first kappa shape index (κ1) is 12.1. The van der Waals surface area contributed by atoms with E-state index in [-0.39, 0.29) is 5.97 Å². The molecule has 0 bridgehead atoms. The average Bonchev–Trinajstić information content (AvgIpc) is 2.77. The first-order chi connectivity index (χ1) is 7.27. The maximum Gasteiger partial charge on any atom is 0.319 e. The summed E-state index contributed by atoms with van der Waals surface area (Å²) in [5.74, 6) is 5.73. The van der Waals surface area contributed by atoms with Gasteiger partial charge in [-0.25, -0.2) is 0 Å². The Bertz CT molecular complexity index is 259. The molecular formula is C12H19NO2. The molecule has 84 valence electrons. The highest BCUT2D eigenvalue weighted by Gasteiger charge is 2.23. The van der Waals surface area contributed by atoms with Crippen LogP contribution in [0.25, 0.3) is 0 Å². The Balaban J connectivity index is 2.49. The number of carbonyl (C=O) groups is 1. The van der Waals surface area contributed by atoms with Crippen molar-refractivity contribution < 1.29 is 9.53 Å². The Morgan fingerprint density at radius 1 is 1.47 bits per heavy atom. The second-order valence-electron chi connectivity index (χ2n) is 3.85. The van der Waals surface area contributed by atoms with E-state index in [1.807, 2.05) is 6.92 Å². The Morgan fingerprint density at radius 2 is 2.13 bits per heavy atom. The van der Waals surface area contributed by atoms with Gasteiger partial charge in [-0.3, -0.25) is 9.69 Å². The molecule has 0 aromatic rings. The maximum atomic E-state index is 11.2. The van der Waals surface area contributed by atoms with Crippen LogP contribution < -0.4 is 0 Å². The molecule has 0 aromatic carbocycles. The zero-order valence-corrected chi connectivity index (χ0v) is 9.58. The number of hydrogen-bond acceptors (Lipinski definition) is 3. The lowest BCUT2D eigenvalue weighted by atomic mass is 10.2. The van der Waals surface area contributed by atoms with Crippen molar-refractivity contribution in [2.24, 2.45) is 0 Å². The van der Waals surface area contributed by atoms with Crippen molar-refractivity contribution in [3.63, 3.8) is 0 Å². The number of carbonyl (C=O) groups excluding carboxylic acids is 1. The molecule has 0 spiro atoms. The summed E-state index contributed by atoms with van der Waals surface area (Å²) in [6.45, 7) is 2.87. The summed E-state index contributed by atoms with van der Waals surface area (Å²) in [5, 5.41) is 0. The molecule has 1 saturated carbocycles. The molecule has 0 unspecified atom stereocenters. The second kappa shape index (κ2) is 6.47. The third-order valence-corrected chi connectivity index (χ3v) is 2.86. The monoisotopic (exact) mass is 209 g/mol. The van der Waals surface area contributed by atoms with E-state index in [0.717, 1.165) is 0 Å². The van der Waals surface area contributed by atoms with Gasteiger partial charge in [-0.15, -0.1) is 5.92 Å². The third-order valence-electron chi connectivity index (χ3n) is 2.86. The van der Waals surface area contributed by atoms with Crippen molar-refractivity contribution in [3.05, 3.63) is 0 Å². The Morgan fingerprint density at radius 3 is 2.67 bits per heavy atom. The van der Waals surface area contributed by atoms with Crippen LogP contribution in [0.3, 0.4) is 0 Å². The highest BCUT2D eigenvalue weighted by atomic mass is 16.5. The van der Waals surface area contributed by atoms with Crippen LogP contribution >= 0.6 is 0 Å². The Kier molecular flexibility index (Phi) is 5.20. The van der Waals surface area contributed by atoms with Crippen LogP contribution in [-0.4, -0.2) is 37.1 Å². The van der Waals surface area contributed by atoms with Crippen LogP contribution in [-0.2, 0) is 9.53 Å². The number of esters is 1. The highest BCUT2D eigenvalue weighted by Crippen LogP contribution is 2.22. The number of rotatable bonds is 4. The summed E-state index contributed by atoms with van der Waals surface area (Å²) < 4.78 is 4.69. The molecule has 0 saturated heterocycles. The molecule has 1 aliphatic rings. The van der Waals surface area contributed by atoms with Crippen molar-refractivity contribution in [2.75, 3.05) is 20.2 Å². The molecule has 0 amide bonds. The van der Waals surface area contributed by atoms with Crippen molar-refractivity contribution in [3.8, 4) is 11.8 Å². The highest BCUT2D eigenvalue weighted by molar-refractivity contribution is 5.71. The summed E-state index contributed by atoms with van der Waals surface area (Å²) in [7, 11) is 1.43. The lowest BCUT2D eigenvalue weighted by Gasteiger charge is -2.25. The van der Waals surface area contributed by atoms with Crippen molar-refractivity contribution in [1.29, 1.82) is 0 Å². The van der Waals surface area contributed by atoms with E-state index in [9.17, 15) is 4.79 Å². The van der Waals surface area contributed by atoms with Crippen LogP contribution in [0, 0.1) is 11.8 Å². The van der Waals surface area contributed by atoms with Gasteiger partial charge in [0, 0.05) is 6.04 Å². The molecule has 3 heteroatoms. The minimum atomic E-state index is -0.167. The molecule has 0 aromatic heterocycles. The second-order valence-corrected chi connectivity index (χ2v) is 3.85. The SMILES string of the molecule is CC#CCN(CC(=O)OC)C1CCCC1. The molecule has 3 nitrogen and oxygen atoms in total. The van der Waals surface area contributed by atoms with E-state index < -0.39 is 0 Å². The molecule has 0 N–H and O–H groups in total. The van der Waals surface area contributed by atoms with Gasteiger partial charge in [-0.1, -0.05) is 18.8 Å². The van der Waals surface area contributed by atoms with E-state index in [2.05, 4.69) is 16.7 Å². The number of methoxy groups -OCH3 is 1. The van der Waals surface area contributed by atoms with E-state index in [1.165, 1.54) is 32.8 Å². The molecule has 0 radical (unpaired) electrons. The minimum Gasteiger partial charge on any atom is -0.468 e. The predicted octanol–water partition coefficient (Wildman–Crippen LogP) is 1.43. The van der Waals surface area contributed by atoms with Gasteiger partial charge in [0.2, 0.25) is 0 Å². The van der Waals surface area contributed by atoms with Gasteiger partial charge in [-0.05, 0) is 19.8 Å². The fourth-order valence-corrected chi connectivity index (χ4v) is 1.99. The molecule has 0 aliphatic heterocycles. The fraction of sp³-hybridized carbons (Fsp3) is 0.750. The first-order valence-electron chi connectivity index (χ1n) is 5.48. The summed E-state index contributed by atoms with van der Waals surface area (Å²) >= 11 is 0. The van der Waals surface area contributed by atoms with E-state index in [4.69, 9.17) is 4.74 Å². The smallest absolute Gasteiger partial charge is 0.319 e. The minimum absolute atomic E-state index is 0.167. The molecule has 1 fully saturated rings. The standard InChI is InChI=1S/C12H19NO2/c1-3-4-9-13(10-12(14)15-2)11-7-5-6-8-11/h11H,5-10H2,1-2H3. The van der Waals surface area contributed by atoms with Crippen LogP contribution in [0.1, 0.15) is 32.6 Å². The number of hydrogen-bond donors (Lipinski definition) is 0. The number of nitrogens with zero attached hydrogens (tertiary/aromatic N) is 1.